The summed E-state index contributed by atoms with van der Waals surface area (Å²) in [4.78, 5) is 34.2. The van der Waals surface area contributed by atoms with Crippen LogP contribution in [0, 0.1) is 22.7 Å². The number of amides is 2. The van der Waals surface area contributed by atoms with E-state index < -0.39 is 23.1 Å². The van der Waals surface area contributed by atoms with Gasteiger partial charge in [0, 0.05) is 18.5 Å². The number of fused-ring (bicyclic) bond motifs is 1. The molecule has 0 aliphatic carbocycles. The summed E-state index contributed by atoms with van der Waals surface area (Å²) in [6.45, 7) is 5.96. The molecule has 0 aromatic carbocycles. The van der Waals surface area contributed by atoms with Crippen LogP contribution in [0.1, 0.15) is 33.6 Å². The van der Waals surface area contributed by atoms with Crippen molar-refractivity contribution < 1.29 is 14.3 Å². The van der Waals surface area contributed by atoms with Gasteiger partial charge < -0.3 is 9.64 Å². The third-order valence-corrected chi connectivity index (χ3v) is 5.10. The molecule has 1 fully saturated rings. The van der Waals surface area contributed by atoms with Crippen LogP contribution in [0.5, 0.6) is 0 Å². The highest BCUT2D eigenvalue weighted by Crippen LogP contribution is 2.34. The number of hydrogen-bond acceptors (Lipinski definition) is 9. The van der Waals surface area contributed by atoms with Crippen molar-refractivity contribution in [3.05, 3.63) is 24.7 Å². The van der Waals surface area contributed by atoms with Crippen molar-refractivity contribution in [1.82, 2.24) is 34.3 Å². The summed E-state index contributed by atoms with van der Waals surface area (Å²) in [5.41, 5.74) is -0.246. The van der Waals surface area contributed by atoms with Crippen molar-refractivity contribution in [3.8, 4) is 23.5 Å². The van der Waals surface area contributed by atoms with Crippen molar-refractivity contribution in [3.63, 3.8) is 0 Å². The first-order valence-electron chi connectivity index (χ1n) is 10.4. The number of anilines is 1. The molecule has 174 valence electrons. The molecule has 13 nitrogen and oxygen atoms in total. The zero-order chi connectivity index (χ0) is 24.5. The van der Waals surface area contributed by atoms with Gasteiger partial charge >= 0.3 is 6.09 Å². The number of aromatic nitrogens is 6. The molecule has 0 radical (unpaired) electrons. The van der Waals surface area contributed by atoms with Crippen LogP contribution in [0.15, 0.2) is 24.7 Å². The lowest BCUT2D eigenvalue weighted by Gasteiger charge is -2.48. The van der Waals surface area contributed by atoms with Crippen molar-refractivity contribution in [2.24, 2.45) is 0 Å². The Bertz CT molecular complexity index is 1330. The molecule has 13 heteroatoms. The Morgan fingerprint density at radius 1 is 1.26 bits per heavy atom. The molecule has 0 atom stereocenters. The van der Waals surface area contributed by atoms with Gasteiger partial charge in [-0.1, -0.05) is 0 Å². The van der Waals surface area contributed by atoms with Gasteiger partial charge in [-0.15, -0.1) is 5.10 Å². The first-order chi connectivity index (χ1) is 16.1. The van der Waals surface area contributed by atoms with Crippen LogP contribution >= 0.6 is 0 Å². The van der Waals surface area contributed by atoms with E-state index in [9.17, 15) is 14.9 Å². The molecule has 0 saturated carbocycles. The Balaban J connectivity index is 1.58. The number of nitriles is 2. The molecule has 34 heavy (non-hydrogen) atoms. The normalized spacial score (nSPS) is 14.7. The maximum Gasteiger partial charge on any atom is 0.410 e. The van der Waals surface area contributed by atoms with Gasteiger partial charge in [0.15, 0.2) is 11.5 Å². The topological polar surface area (TPSA) is 167 Å². The largest absolute Gasteiger partial charge is 0.444 e. The fourth-order valence-electron chi connectivity index (χ4n) is 3.61. The number of nitrogens with one attached hydrogen (secondary N) is 1. The third kappa shape index (κ3) is 4.36. The predicted octanol–water partition coefficient (Wildman–Crippen LogP) is 1.70. The highest BCUT2D eigenvalue weighted by Gasteiger charge is 2.48. The first kappa shape index (κ1) is 22.7. The zero-order valence-electron chi connectivity index (χ0n) is 18.9. The van der Waals surface area contributed by atoms with E-state index >= 15 is 0 Å². The molecule has 1 saturated heterocycles. The summed E-state index contributed by atoms with van der Waals surface area (Å²) in [6, 6.07) is 5.57. The molecular formula is C21H22N10O3. The standard InChI is InChI=1S/C21H22N10O3/c1-20(2,3)34-19(33)29-12-21(13-29,6-8-23)30-11-14(10-25-30)17-24-9-5-15-26-18(28-31(15)17)27-16(32)4-7-22/h5,9-11H,4,6,12-13H2,1-3H3,(H,27,28,32). The second-order valence-corrected chi connectivity index (χ2v) is 8.93. The maximum atomic E-state index is 12.4. The molecule has 3 aromatic rings. The molecule has 3 aromatic heterocycles. The summed E-state index contributed by atoms with van der Waals surface area (Å²) in [5.74, 6) is -0.0407. The zero-order valence-corrected chi connectivity index (χ0v) is 18.9. The van der Waals surface area contributed by atoms with E-state index in [0.717, 1.165) is 0 Å². The monoisotopic (exact) mass is 462 g/mol. The predicted molar refractivity (Wildman–Crippen MR) is 117 cm³/mol. The molecule has 1 aliphatic heterocycles. The van der Waals surface area contributed by atoms with E-state index in [1.807, 2.05) is 0 Å². The molecular weight excluding hydrogens is 440 g/mol. The fourth-order valence-corrected chi connectivity index (χ4v) is 3.61. The van der Waals surface area contributed by atoms with Crippen molar-refractivity contribution in [2.45, 2.75) is 44.8 Å². The molecule has 4 heterocycles. The van der Waals surface area contributed by atoms with Crippen LogP contribution in [0.2, 0.25) is 0 Å². The average Bonchev–Trinajstić information content (AvgIpc) is 3.35. The van der Waals surface area contributed by atoms with Crippen LogP contribution < -0.4 is 5.32 Å². The second-order valence-electron chi connectivity index (χ2n) is 8.93. The molecule has 2 amide bonds. The summed E-state index contributed by atoms with van der Waals surface area (Å²) >= 11 is 0. The molecule has 0 unspecified atom stereocenters. The number of carbonyl (C=O) groups excluding carboxylic acids is 2. The Labute approximate surface area is 194 Å². The average molecular weight is 462 g/mol. The van der Waals surface area contributed by atoms with Gasteiger partial charge in [0.2, 0.25) is 11.9 Å². The lowest BCUT2D eigenvalue weighted by molar-refractivity contribution is -0.115. The smallest absolute Gasteiger partial charge is 0.410 e. The molecule has 1 N–H and O–H groups in total. The highest BCUT2D eigenvalue weighted by molar-refractivity contribution is 5.90. The van der Waals surface area contributed by atoms with Crippen molar-refractivity contribution >= 4 is 23.6 Å². The lowest BCUT2D eigenvalue weighted by atomic mass is 9.87. The Morgan fingerprint density at radius 3 is 2.71 bits per heavy atom. The summed E-state index contributed by atoms with van der Waals surface area (Å²) in [6.07, 6.45) is 4.29. The van der Waals surface area contributed by atoms with E-state index in [1.54, 1.807) is 56.2 Å². The number of ether oxygens (including phenoxy) is 1. The molecule has 0 spiro atoms. The summed E-state index contributed by atoms with van der Waals surface area (Å²) < 4.78 is 8.53. The summed E-state index contributed by atoms with van der Waals surface area (Å²) in [7, 11) is 0. The second kappa shape index (κ2) is 8.44. The maximum absolute atomic E-state index is 12.4. The minimum Gasteiger partial charge on any atom is -0.444 e. The van der Waals surface area contributed by atoms with Gasteiger partial charge in [-0.3, -0.25) is 14.8 Å². The molecule has 0 bridgehead atoms. The van der Waals surface area contributed by atoms with Gasteiger partial charge in [0.05, 0.1) is 43.4 Å². The molecule has 4 rings (SSSR count). The van der Waals surface area contributed by atoms with Crippen LogP contribution in [0.25, 0.3) is 17.0 Å². The third-order valence-electron chi connectivity index (χ3n) is 5.10. The van der Waals surface area contributed by atoms with Gasteiger partial charge in [-0.05, 0) is 20.8 Å². The fraction of sp³-hybridized carbons (Fsp3) is 0.429. The van der Waals surface area contributed by atoms with E-state index in [4.69, 9.17) is 10.00 Å². The van der Waals surface area contributed by atoms with Gasteiger partial charge in [0.1, 0.15) is 17.6 Å². The van der Waals surface area contributed by atoms with E-state index in [0.29, 0.717) is 17.0 Å². The Kier molecular flexibility index (Phi) is 5.63. The van der Waals surface area contributed by atoms with Gasteiger partial charge in [0.25, 0.3) is 0 Å². The number of rotatable bonds is 5. The molecule has 1 aliphatic rings. The summed E-state index contributed by atoms with van der Waals surface area (Å²) in [5, 5.41) is 29.2. The number of likely N-dealkylation sites (tertiary alicyclic amines) is 1. The van der Waals surface area contributed by atoms with Crippen LogP contribution in [0.3, 0.4) is 0 Å². The Hall–Kier alpha value is -4.52. The van der Waals surface area contributed by atoms with Crippen molar-refractivity contribution in [2.75, 3.05) is 18.4 Å². The van der Waals surface area contributed by atoms with E-state index in [-0.39, 0.29) is 31.9 Å². The van der Waals surface area contributed by atoms with Crippen molar-refractivity contribution in [1.29, 1.82) is 10.5 Å². The first-order valence-corrected chi connectivity index (χ1v) is 10.4. The van der Waals surface area contributed by atoms with Crippen LogP contribution in [-0.4, -0.2) is 65.0 Å². The minimum absolute atomic E-state index is 0.0508. The van der Waals surface area contributed by atoms with Crippen LogP contribution in [-0.2, 0) is 15.1 Å². The number of carbonyl (C=O) groups is 2. The Morgan fingerprint density at radius 2 is 2.03 bits per heavy atom. The SMILES string of the molecule is CC(C)(C)OC(=O)N1CC(CC#N)(n2cc(-c3nccc4nc(NC(=O)CC#N)nn34)cn2)C1. The van der Waals surface area contributed by atoms with Gasteiger partial charge in [-0.25, -0.2) is 9.78 Å². The minimum atomic E-state index is -0.684. The van der Waals surface area contributed by atoms with E-state index in [2.05, 4.69) is 31.6 Å². The van der Waals surface area contributed by atoms with Gasteiger partial charge in [-0.2, -0.15) is 25.1 Å². The lowest BCUT2D eigenvalue weighted by Crippen LogP contribution is -2.64. The van der Waals surface area contributed by atoms with Crippen LogP contribution in [0.4, 0.5) is 10.7 Å². The van der Waals surface area contributed by atoms with E-state index in [1.165, 1.54) is 9.42 Å². The highest BCUT2D eigenvalue weighted by atomic mass is 16.6. The number of nitrogens with zero attached hydrogens (tertiary/aromatic N) is 9. The quantitative estimate of drug-likeness (QED) is 0.593. The number of hydrogen-bond donors (Lipinski definition) is 1.